The monoisotopic (exact) mass is 358 g/mol. The summed E-state index contributed by atoms with van der Waals surface area (Å²) in [5.41, 5.74) is 0.0637. The second-order valence-electron chi connectivity index (χ2n) is 5.47. The van der Waals surface area contributed by atoms with Crippen LogP contribution in [0.4, 0.5) is 0 Å². The third kappa shape index (κ3) is 3.70. The highest BCUT2D eigenvalue weighted by Crippen LogP contribution is 2.40. The number of carbonyl (C=O) groups excluding carboxylic acids is 2. The summed E-state index contributed by atoms with van der Waals surface area (Å²) in [6, 6.07) is -0.795. The van der Waals surface area contributed by atoms with Crippen LogP contribution in [0.3, 0.4) is 0 Å². The van der Waals surface area contributed by atoms with Crippen LogP contribution in [0.5, 0.6) is 0 Å². The Hall–Kier alpha value is -2.07. The number of hydrogen-bond donors (Lipinski definition) is 4. The number of thioether (sulfide) groups is 1. The van der Waals surface area contributed by atoms with Gasteiger partial charge in [0.2, 0.25) is 5.91 Å². The number of amides is 2. The van der Waals surface area contributed by atoms with E-state index in [1.807, 2.05) is 0 Å². The van der Waals surface area contributed by atoms with Crippen molar-refractivity contribution in [3.8, 4) is 0 Å². The van der Waals surface area contributed by atoms with Crippen LogP contribution in [0.2, 0.25) is 0 Å². The molecule has 0 bridgehead atoms. The molecule has 4 N–H and O–H groups in total. The van der Waals surface area contributed by atoms with Crippen LogP contribution in [-0.2, 0) is 19.2 Å². The maximum Gasteiger partial charge on any atom is 0.352 e. The lowest BCUT2D eigenvalue weighted by Gasteiger charge is -2.49. The molecule has 1 unspecified atom stereocenters. The molecule has 2 rings (SSSR count). The first-order valence-corrected chi connectivity index (χ1v) is 8.43. The van der Waals surface area contributed by atoms with Crippen molar-refractivity contribution >= 4 is 35.5 Å². The summed E-state index contributed by atoms with van der Waals surface area (Å²) in [7, 11) is 0. The Bertz CT molecular complexity index is 604. The average molecular weight is 358 g/mol. The third-order valence-electron chi connectivity index (χ3n) is 3.80. The molecule has 0 aromatic heterocycles. The molecule has 0 radical (unpaired) electrons. The second-order valence-corrected chi connectivity index (χ2v) is 6.58. The number of carbonyl (C=O) groups is 4. The molecule has 0 spiro atoms. The van der Waals surface area contributed by atoms with Crippen molar-refractivity contribution in [2.24, 2.45) is 0 Å². The number of aliphatic hydroxyl groups is 1. The normalized spacial score (nSPS) is 22.7. The van der Waals surface area contributed by atoms with Crippen molar-refractivity contribution in [3.63, 3.8) is 0 Å². The molecule has 24 heavy (non-hydrogen) atoms. The minimum absolute atomic E-state index is 0.0153. The Labute approximate surface area is 141 Å². The zero-order valence-electron chi connectivity index (χ0n) is 12.7. The average Bonchev–Trinajstić information content (AvgIpc) is 2.54. The fraction of sp³-hybridized carbons (Fsp3) is 0.571. The number of carboxylic acids is 2. The smallest absolute Gasteiger partial charge is 0.352 e. The van der Waals surface area contributed by atoms with Gasteiger partial charge >= 0.3 is 11.9 Å². The van der Waals surface area contributed by atoms with Crippen LogP contribution in [0.15, 0.2) is 11.3 Å². The van der Waals surface area contributed by atoms with Crippen molar-refractivity contribution in [3.05, 3.63) is 11.3 Å². The molecular weight excluding hydrogens is 340 g/mol. The Morgan fingerprint density at radius 1 is 1.21 bits per heavy atom. The van der Waals surface area contributed by atoms with Crippen LogP contribution in [0.1, 0.15) is 25.7 Å². The number of aliphatic carboxylic acids is 2. The molecule has 1 fully saturated rings. The minimum atomic E-state index is -1.28. The van der Waals surface area contributed by atoms with E-state index in [-0.39, 0.29) is 35.8 Å². The Morgan fingerprint density at radius 3 is 2.46 bits per heavy atom. The molecule has 0 aromatic rings. The minimum Gasteiger partial charge on any atom is -0.481 e. The van der Waals surface area contributed by atoms with Crippen molar-refractivity contribution < 1.29 is 34.5 Å². The van der Waals surface area contributed by atoms with E-state index in [4.69, 9.17) is 5.11 Å². The number of rotatable bonds is 8. The van der Waals surface area contributed by atoms with Gasteiger partial charge in [-0.1, -0.05) is 0 Å². The lowest BCUT2D eigenvalue weighted by Crippen LogP contribution is -2.70. The van der Waals surface area contributed by atoms with E-state index in [1.54, 1.807) is 0 Å². The standard InChI is InChI=1S/C14H18N2O7S/c17-5-7-6-24-13-10(12(21)16(13)11(7)14(22)23)15-8(18)3-1-2-4-9(19)20/h10,13,17H,1-6H2,(H,15,18)(H,19,20)(H,22,23)/t10-,13?/m1/s1. The largest absolute Gasteiger partial charge is 0.481 e. The summed E-state index contributed by atoms with van der Waals surface area (Å²) in [4.78, 5) is 46.8. The third-order valence-corrected chi connectivity index (χ3v) is 5.14. The number of hydrogen-bond acceptors (Lipinski definition) is 6. The Morgan fingerprint density at radius 2 is 1.88 bits per heavy atom. The van der Waals surface area contributed by atoms with Crippen LogP contribution in [0.25, 0.3) is 0 Å². The molecule has 0 aliphatic carbocycles. The van der Waals surface area contributed by atoms with Gasteiger partial charge in [-0.3, -0.25) is 19.3 Å². The highest BCUT2D eigenvalue weighted by molar-refractivity contribution is 8.00. The topological polar surface area (TPSA) is 144 Å². The van der Waals surface area contributed by atoms with Gasteiger partial charge in [-0.15, -0.1) is 11.8 Å². The van der Waals surface area contributed by atoms with E-state index in [1.165, 1.54) is 11.8 Å². The Kier molecular flexibility index (Phi) is 5.84. The van der Waals surface area contributed by atoms with Gasteiger partial charge in [-0.2, -0.15) is 0 Å². The van der Waals surface area contributed by atoms with Gasteiger partial charge < -0.3 is 20.6 Å². The number of nitrogens with one attached hydrogen (secondary N) is 1. The molecule has 9 nitrogen and oxygen atoms in total. The van der Waals surface area contributed by atoms with Gasteiger partial charge in [0, 0.05) is 18.6 Å². The van der Waals surface area contributed by atoms with Gasteiger partial charge in [0.25, 0.3) is 5.91 Å². The Balaban J connectivity index is 1.91. The first-order valence-electron chi connectivity index (χ1n) is 7.38. The highest BCUT2D eigenvalue weighted by Gasteiger charge is 2.53. The fourth-order valence-electron chi connectivity index (χ4n) is 2.61. The van der Waals surface area contributed by atoms with Crippen LogP contribution >= 0.6 is 11.8 Å². The molecule has 2 heterocycles. The summed E-state index contributed by atoms with van der Waals surface area (Å²) in [6.45, 7) is -0.439. The maximum atomic E-state index is 12.2. The molecular formula is C14H18N2O7S. The predicted molar refractivity (Wildman–Crippen MR) is 82.9 cm³/mol. The number of carboxylic acid groups (broad SMARTS) is 2. The quantitative estimate of drug-likeness (QED) is 0.331. The van der Waals surface area contributed by atoms with Crippen LogP contribution in [-0.4, -0.2) is 67.7 Å². The number of unbranched alkanes of at least 4 members (excludes halogenated alkanes) is 1. The molecule has 2 aliphatic rings. The number of aliphatic hydroxyl groups excluding tert-OH is 1. The number of fused-ring (bicyclic) bond motifs is 1. The van der Waals surface area contributed by atoms with Crippen molar-refractivity contribution in [1.29, 1.82) is 0 Å². The molecule has 2 amide bonds. The van der Waals surface area contributed by atoms with Gasteiger partial charge in [0.15, 0.2) is 0 Å². The predicted octanol–water partition coefficient (Wildman–Crippen LogP) is -0.638. The highest BCUT2D eigenvalue weighted by atomic mass is 32.2. The molecule has 10 heteroatoms. The van der Waals surface area contributed by atoms with Crippen LogP contribution < -0.4 is 5.32 Å². The van der Waals surface area contributed by atoms with E-state index < -0.39 is 35.9 Å². The summed E-state index contributed by atoms with van der Waals surface area (Å²) < 4.78 is 0. The summed E-state index contributed by atoms with van der Waals surface area (Å²) >= 11 is 1.28. The van der Waals surface area contributed by atoms with Gasteiger partial charge in [0.05, 0.1) is 6.61 Å². The van der Waals surface area contributed by atoms with E-state index in [0.29, 0.717) is 12.8 Å². The van der Waals surface area contributed by atoms with Crippen molar-refractivity contribution in [2.45, 2.75) is 37.1 Å². The molecule has 0 saturated carbocycles. The lowest BCUT2D eigenvalue weighted by molar-refractivity contribution is -0.150. The van der Waals surface area contributed by atoms with Gasteiger partial charge in [-0.25, -0.2) is 4.79 Å². The van der Waals surface area contributed by atoms with Gasteiger partial charge in [-0.05, 0) is 18.4 Å². The number of β-lactam (4-membered cyclic amide) rings is 1. The van der Waals surface area contributed by atoms with Crippen molar-refractivity contribution in [1.82, 2.24) is 10.2 Å². The van der Waals surface area contributed by atoms with E-state index in [2.05, 4.69) is 5.32 Å². The van der Waals surface area contributed by atoms with E-state index in [9.17, 15) is 29.4 Å². The zero-order chi connectivity index (χ0) is 17.9. The first kappa shape index (κ1) is 18.3. The van der Waals surface area contributed by atoms with Gasteiger partial charge in [0.1, 0.15) is 17.1 Å². The summed E-state index contributed by atoms with van der Waals surface area (Å²) in [5.74, 6) is -2.82. The lowest BCUT2D eigenvalue weighted by atomic mass is 10.0. The van der Waals surface area contributed by atoms with Crippen LogP contribution in [0, 0.1) is 0 Å². The molecule has 1 saturated heterocycles. The van der Waals surface area contributed by atoms with E-state index in [0.717, 1.165) is 4.90 Å². The SMILES string of the molecule is O=C(O)CCCCC(=O)N[C@@H]1C(=O)N2C(C(=O)O)=C(CO)CSC12. The molecule has 132 valence electrons. The number of nitrogens with zero attached hydrogens (tertiary/aromatic N) is 1. The summed E-state index contributed by atoms with van der Waals surface area (Å²) in [5, 5.41) is 29.0. The summed E-state index contributed by atoms with van der Waals surface area (Å²) in [6.07, 6.45) is 0.865. The first-order chi connectivity index (χ1) is 11.4. The zero-order valence-corrected chi connectivity index (χ0v) is 13.5. The van der Waals surface area contributed by atoms with Crippen molar-refractivity contribution in [2.75, 3.05) is 12.4 Å². The second kappa shape index (κ2) is 7.67. The molecule has 2 atom stereocenters. The molecule has 2 aliphatic heterocycles. The molecule has 0 aromatic carbocycles. The fourth-order valence-corrected chi connectivity index (χ4v) is 3.95. The maximum absolute atomic E-state index is 12.2. The van der Waals surface area contributed by atoms with E-state index >= 15 is 0 Å².